The van der Waals surface area contributed by atoms with Gasteiger partial charge in [0, 0.05) is 15.3 Å². The molecule has 2 saturated heterocycles. The van der Waals surface area contributed by atoms with Gasteiger partial charge in [0.05, 0.1) is 32.1 Å². The van der Waals surface area contributed by atoms with Crippen LogP contribution in [0.4, 0.5) is 4.79 Å². The summed E-state index contributed by atoms with van der Waals surface area (Å²) in [6, 6.07) is -2.62. The molecule has 11 heteroatoms. The number of nitrogens with zero attached hydrogens (tertiary/aromatic N) is 1. The number of hydrogen-bond acceptors (Lipinski definition) is 8. The van der Waals surface area contributed by atoms with Gasteiger partial charge >= 0.3 is 18.0 Å². The van der Waals surface area contributed by atoms with Crippen molar-refractivity contribution in [2.45, 2.75) is 78.1 Å². The molecule has 2 aliphatic rings. The number of fused-ring (bicyclic) bond motifs is 1. The molecule has 2 heterocycles. The van der Waals surface area contributed by atoms with Gasteiger partial charge in [-0.2, -0.15) is 0 Å². The Morgan fingerprint density at radius 2 is 1.80 bits per heavy atom. The van der Waals surface area contributed by atoms with Gasteiger partial charge < -0.3 is 29.7 Å². The predicted octanol–water partition coefficient (Wildman–Crippen LogP) is 1.73. The van der Waals surface area contributed by atoms with E-state index in [0.717, 1.165) is 0 Å². The second-order valence-corrected chi connectivity index (χ2v) is 10.2. The molecule has 0 saturated carbocycles. The quantitative estimate of drug-likeness (QED) is 0.397. The van der Waals surface area contributed by atoms with Crippen molar-refractivity contribution in [3.8, 4) is 0 Å². The van der Waals surface area contributed by atoms with Crippen molar-refractivity contribution in [3.63, 3.8) is 0 Å². The maximum atomic E-state index is 13.4. The fraction of sp³-hybridized carbons (Fsp3) is 0.792. The number of likely N-dealkylation sites (tertiary alicyclic amines) is 1. The minimum Gasteiger partial charge on any atom is -0.467 e. The second kappa shape index (κ2) is 11.3. The summed E-state index contributed by atoms with van der Waals surface area (Å²) in [5.41, 5.74) is -0.806. The van der Waals surface area contributed by atoms with E-state index in [1.165, 1.54) is 19.1 Å². The molecule has 11 nitrogen and oxygen atoms in total. The van der Waals surface area contributed by atoms with Gasteiger partial charge in [-0.1, -0.05) is 27.2 Å². The topological polar surface area (TPSA) is 140 Å². The van der Waals surface area contributed by atoms with Crippen LogP contribution >= 0.6 is 0 Å². The van der Waals surface area contributed by atoms with Crippen LogP contribution in [-0.4, -0.2) is 79.2 Å². The average Bonchev–Trinajstić information content (AvgIpc) is 3.21. The van der Waals surface area contributed by atoms with Gasteiger partial charge in [0.15, 0.2) is 0 Å². The van der Waals surface area contributed by atoms with Crippen LogP contribution in [0.15, 0.2) is 0 Å². The molecule has 2 rings (SSSR count). The maximum absolute atomic E-state index is 13.4. The van der Waals surface area contributed by atoms with Gasteiger partial charge in [-0.25, -0.2) is 14.4 Å². The third kappa shape index (κ3) is 6.05. The number of carbonyl (C=O) groups excluding carboxylic acids is 5. The first-order valence-electron chi connectivity index (χ1n) is 12.1. The lowest BCUT2D eigenvalue weighted by molar-refractivity contribution is -0.153. The summed E-state index contributed by atoms with van der Waals surface area (Å²) in [5, 5.41) is 5.43. The molecule has 2 fully saturated rings. The minimum atomic E-state index is -0.964. The zero-order valence-corrected chi connectivity index (χ0v) is 21.9. The van der Waals surface area contributed by atoms with Gasteiger partial charge in [0.25, 0.3) is 0 Å². The highest BCUT2D eigenvalue weighted by Crippen LogP contribution is 2.41. The fourth-order valence-electron chi connectivity index (χ4n) is 4.93. The molecule has 0 radical (unpaired) electrons. The van der Waals surface area contributed by atoms with Crippen LogP contribution in [0.5, 0.6) is 0 Å². The summed E-state index contributed by atoms with van der Waals surface area (Å²) < 4.78 is 15.3. The second-order valence-electron chi connectivity index (χ2n) is 10.2. The highest BCUT2D eigenvalue weighted by molar-refractivity contribution is 5.95. The summed E-state index contributed by atoms with van der Waals surface area (Å²) in [7, 11) is 2.47. The van der Waals surface area contributed by atoms with E-state index < -0.39 is 71.3 Å². The van der Waals surface area contributed by atoms with Crippen LogP contribution < -0.4 is 10.6 Å². The third-order valence-corrected chi connectivity index (χ3v) is 6.88. The van der Waals surface area contributed by atoms with Gasteiger partial charge in [-0.3, -0.25) is 9.59 Å². The van der Waals surface area contributed by atoms with Gasteiger partial charge in [0.1, 0.15) is 17.7 Å². The lowest BCUT2D eigenvalue weighted by atomic mass is 9.74. The normalized spacial score (nSPS) is 27.7. The van der Waals surface area contributed by atoms with Gasteiger partial charge in [-0.15, -0.1) is 0 Å². The van der Waals surface area contributed by atoms with Crippen LogP contribution in [-0.2, 0) is 33.4 Å². The van der Waals surface area contributed by atoms with E-state index in [1.54, 1.807) is 20.8 Å². The summed E-state index contributed by atoms with van der Waals surface area (Å²) in [6.45, 7) is 10.6. The first-order valence-corrected chi connectivity index (χ1v) is 12.1. The molecule has 0 aromatic heterocycles. The molecule has 35 heavy (non-hydrogen) atoms. The molecule has 2 aliphatic heterocycles. The number of carbonyl (C=O) groups is 5. The highest BCUT2D eigenvalue weighted by Gasteiger charge is 2.59. The molecule has 202 valence electrons. The molecule has 0 aliphatic carbocycles. The summed E-state index contributed by atoms with van der Waals surface area (Å²) in [4.78, 5) is 66.0. The van der Waals surface area contributed by atoms with Crippen molar-refractivity contribution in [3.05, 3.63) is 0 Å². The first-order chi connectivity index (χ1) is 16.3. The van der Waals surface area contributed by atoms with E-state index in [0.29, 0.717) is 12.8 Å². The van der Waals surface area contributed by atoms with E-state index in [9.17, 15) is 24.0 Å². The van der Waals surface area contributed by atoms with E-state index in [-0.39, 0.29) is 15.3 Å². The number of nitrogens with one attached hydrogen (secondary N) is 2. The van der Waals surface area contributed by atoms with Crippen molar-refractivity contribution in [2.24, 2.45) is 23.7 Å². The molecule has 2 N–H and O–H groups in total. The maximum Gasteiger partial charge on any atom is 0.410 e. The van der Waals surface area contributed by atoms with E-state index in [1.807, 2.05) is 20.8 Å². The number of methoxy groups -OCH3 is 2. The van der Waals surface area contributed by atoms with Crippen molar-refractivity contribution >= 4 is 29.8 Å². The van der Waals surface area contributed by atoms with Gasteiger partial charge in [-0.05, 0) is 33.1 Å². The van der Waals surface area contributed by atoms with Crippen molar-refractivity contribution in [1.29, 1.82) is 0 Å². The van der Waals surface area contributed by atoms with E-state index in [2.05, 4.69) is 10.6 Å². The lowest BCUT2D eigenvalue weighted by Crippen LogP contribution is -2.63. The van der Waals surface area contributed by atoms with Crippen molar-refractivity contribution in [2.75, 3.05) is 20.8 Å². The van der Waals surface area contributed by atoms with E-state index >= 15 is 0 Å². The lowest BCUT2D eigenvalue weighted by Gasteiger charge is -2.42. The fourth-order valence-corrected chi connectivity index (χ4v) is 4.93. The summed E-state index contributed by atoms with van der Waals surface area (Å²) in [5.74, 6) is -4.86. The molecule has 0 bridgehead atoms. The van der Waals surface area contributed by atoms with Crippen molar-refractivity contribution in [1.82, 2.24) is 15.5 Å². The SMILES string of the molecule is CC[C@@H]1C2[C@@H](C(=O)N[C@@H]1C(=O)OC)[C@H](C(=O)N[C@H](C(=O)OC)[C@@H](C)CC)CN2C(=O)OC(C)(C)C.[HH].[HH]. The van der Waals surface area contributed by atoms with Crippen LogP contribution in [0.3, 0.4) is 0 Å². The molecule has 3 amide bonds. The molecule has 1 unspecified atom stereocenters. The van der Waals surface area contributed by atoms with Crippen LogP contribution in [0.2, 0.25) is 0 Å². The predicted molar refractivity (Wildman–Crippen MR) is 129 cm³/mol. The smallest absolute Gasteiger partial charge is 0.410 e. The zero-order chi connectivity index (χ0) is 26.7. The Kier molecular flexibility index (Phi) is 9.13. The average molecular weight is 502 g/mol. The molecule has 0 aromatic carbocycles. The molecular weight excluding hydrogens is 458 g/mol. The Hall–Kier alpha value is -2.85. The van der Waals surface area contributed by atoms with Crippen LogP contribution in [0.1, 0.15) is 57.2 Å². The van der Waals surface area contributed by atoms with Gasteiger partial charge in [0.2, 0.25) is 11.8 Å². The van der Waals surface area contributed by atoms with Crippen LogP contribution in [0, 0.1) is 23.7 Å². The monoisotopic (exact) mass is 501 g/mol. The Morgan fingerprint density at radius 1 is 1.17 bits per heavy atom. The number of hydrogen-bond donors (Lipinski definition) is 2. The molecule has 0 spiro atoms. The Labute approximate surface area is 209 Å². The highest BCUT2D eigenvalue weighted by atomic mass is 16.6. The molecule has 0 aromatic rings. The number of piperidine rings is 1. The number of amides is 3. The summed E-state index contributed by atoms with van der Waals surface area (Å²) >= 11 is 0. The van der Waals surface area contributed by atoms with Crippen LogP contribution in [0.25, 0.3) is 0 Å². The standard InChI is InChI=1S/C24H39N3O8.2H2/c1-9-12(3)16(21(30)33-7)25-19(28)14-11-27(23(32)35-24(4,5)6)18-13(10-2)17(22(31)34-8)26-20(29)15(14)18;;/h12-18H,9-11H2,1-8H3,(H,25,28)(H,26,29);2*1H/t12-,13-,14+,15-,16-,17-,18?;;/m0../s1. The Balaban J connectivity index is 0.00000648. The summed E-state index contributed by atoms with van der Waals surface area (Å²) in [6.07, 6.45) is 0.373. The number of esters is 2. The molecule has 7 atom stereocenters. The zero-order valence-electron chi connectivity index (χ0n) is 21.9. The number of ether oxygens (including phenoxy) is 3. The van der Waals surface area contributed by atoms with Crippen molar-refractivity contribution < 1.29 is 41.0 Å². The minimum absolute atomic E-state index is 0. The Morgan fingerprint density at radius 3 is 2.29 bits per heavy atom. The number of rotatable bonds is 7. The Bertz CT molecular complexity index is 850. The largest absolute Gasteiger partial charge is 0.467 e. The first kappa shape index (κ1) is 28.4. The molecular formula is C24H43N3O8. The van der Waals surface area contributed by atoms with E-state index in [4.69, 9.17) is 14.2 Å². The third-order valence-electron chi connectivity index (χ3n) is 6.88.